The molecule has 1 saturated carbocycles. The molecule has 2 unspecified atom stereocenters. The van der Waals surface area contributed by atoms with Crippen molar-refractivity contribution in [2.75, 3.05) is 0 Å². The number of allylic oxidation sites excluding steroid dienone is 3. The Balaban J connectivity index is 2.60. The molecule has 0 saturated heterocycles. The molecule has 1 fully saturated rings. The topological polar surface area (TPSA) is 0 Å². The van der Waals surface area contributed by atoms with E-state index in [0.717, 1.165) is 5.92 Å². The van der Waals surface area contributed by atoms with Gasteiger partial charge in [-0.05, 0) is 31.6 Å². The second kappa shape index (κ2) is 2.26. The van der Waals surface area contributed by atoms with Crippen molar-refractivity contribution in [1.82, 2.24) is 0 Å². The molecule has 0 aromatic heterocycles. The third kappa shape index (κ3) is 1.03. The molecule has 0 amide bonds. The Kier molecular flexibility index (Phi) is 1.72. The highest BCUT2D eigenvalue weighted by atomic mass is 14.5. The van der Waals surface area contributed by atoms with E-state index in [1.807, 2.05) is 0 Å². The molecule has 0 aromatic rings. The summed E-state index contributed by atoms with van der Waals surface area (Å²) in [5.74, 6) is 0.787. The van der Waals surface area contributed by atoms with Crippen LogP contribution in [0.15, 0.2) is 24.3 Å². The van der Waals surface area contributed by atoms with Crippen molar-refractivity contribution < 1.29 is 0 Å². The van der Waals surface area contributed by atoms with Crippen LogP contribution < -0.4 is 0 Å². The molecule has 56 valence electrons. The molecule has 0 spiro atoms. The van der Waals surface area contributed by atoms with E-state index >= 15 is 0 Å². The molecule has 0 N–H and O–H groups in total. The zero-order valence-corrected chi connectivity index (χ0v) is 7.15. The average molecular weight is 136 g/mol. The van der Waals surface area contributed by atoms with Crippen LogP contribution in [0.2, 0.25) is 0 Å². The molecule has 0 heterocycles. The molecule has 0 aromatic carbocycles. The Morgan fingerprint density at radius 3 is 2.60 bits per heavy atom. The van der Waals surface area contributed by atoms with Crippen LogP contribution in [0.1, 0.15) is 27.2 Å². The lowest BCUT2D eigenvalue weighted by molar-refractivity contribution is 0.679. The SMILES string of the molecule is C=CC1(C)CC1C(C)=CC. The van der Waals surface area contributed by atoms with Crippen molar-refractivity contribution in [3.8, 4) is 0 Å². The summed E-state index contributed by atoms with van der Waals surface area (Å²) < 4.78 is 0. The zero-order chi connectivity index (χ0) is 7.78. The summed E-state index contributed by atoms with van der Waals surface area (Å²) in [6, 6.07) is 0. The van der Waals surface area contributed by atoms with E-state index in [1.165, 1.54) is 12.0 Å². The maximum Gasteiger partial charge on any atom is -0.00776 e. The van der Waals surface area contributed by atoms with Crippen molar-refractivity contribution in [2.24, 2.45) is 11.3 Å². The van der Waals surface area contributed by atoms with Crippen LogP contribution in [0.25, 0.3) is 0 Å². The molecule has 2 atom stereocenters. The van der Waals surface area contributed by atoms with E-state index in [9.17, 15) is 0 Å². The van der Waals surface area contributed by atoms with Gasteiger partial charge in [-0.2, -0.15) is 0 Å². The van der Waals surface area contributed by atoms with E-state index in [1.54, 1.807) is 0 Å². The Morgan fingerprint density at radius 1 is 1.70 bits per heavy atom. The predicted molar refractivity (Wildman–Crippen MR) is 45.8 cm³/mol. The maximum absolute atomic E-state index is 3.83. The van der Waals surface area contributed by atoms with Crippen LogP contribution in [0.5, 0.6) is 0 Å². The van der Waals surface area contributed by atoms with Gasteiger partial charge in [0.25, 0.3) is 0 Å². The summed E-state index contributed by atoms with van der Waals surface area (Å²) in [5.41, 5.74) is 1.94. The number of rotatable bonds is 2. The van der Waals surface area contributed by atoms with Gasteiger partial charge in [0.2, 0.25) is 0 Å². The largest absolute Gasteiger partial charge is 0.103 e. The van der Waals surface area contributed by atoms with Crippen molar-refractivity contribution in [3.05, 3.63) is 24.3 Å². The minimum Gasteiger partial charge on any atom is -0.103 e. The summed E-state index contributed by atoms with van der Waals surface area (Å²) in [6.45, 7) is 10.4. The fraction of sp³-hybridized carbons (Fsp3) is 0.600. The second-order valence-corrected chi connectivity index (χ2v) is 3.50. The number of hydrogen-bond donors (Lipinski definition) is 0. The molecule has 1 rings (SSSR count). The predicted octanol–water partition coefficient (Wildman–Crippen LogP) is 3.16. The Hall–Kier alpha value is -0.520. The fourth-order valence-corrected chi connectivity index (χ4v) is 1.49. The summed E-state index contributed by atoms with van der Waals surface area (Å²) in [5, 5.41) is 0. The van der Waals surface area contributed by atoms with E-state index in [4.69, 9.17) is 0 Å². The molecule has 0 radical (unpaired) electrons. The van der Waals surface area contributed by atoms with Gasteiger partial charge in [-0.25, -0.2) is 0 Å². The van der Waals surface area contributed by atoms with Gasteiger partial charge in [0.1, 0.15) is 0 Å². The minimum atomic E-state index is 0.427. The van der Waals surface area contributed by atoms with Gasteiger partial charge >= 0.3 is 0 Å². The Morgan fingerprint density at radius 2 is 2.30 bits per heavy atom. The summed E-state index contributed by atoms with van der Waals surface area (Å²) in [7, 11) is 0. The van der Waals surface area contributed by atoms with Gasteiger partial charge in [0.05, 0.1) is 0 Å². The normalized spacial score (nSPS) is 39.5. The van der Waals surface area contributed by atoms with Gasteiger partial charge in [-0.1, -0.05) is 24.6 Å². The second-order valence-electron chi connectivity index (χ2n) is 3.50. The first-order valence-corrected chi connectivity index (χ1v) is 3.90. The van der Waals surface area contributed by atoms with Crippen LogP contribution in [0.3, 0.4) is 0 Å². The monoisotopic (exact) mass is 136 g/mol. The Bertz CT molecular complexity index is 176. The van der Waals surface area contributed by atoms with Crippen LogP contribution in [-0.4, -0.2) is 0 Å². The molecule has 0 aliphatic heterocycles. The third-order valence-corrected chi connectivity index (χ3v) is 2.75. The molecule has 0 bridgehead atoms. The van der Waals surface area contributed by atoms with Gasteiger partial charge in [0.15, 0.2) is 0 Å². The van der Waals surface area contributed by atoms with E-state index < -0.39 is 0 Å². The smallest absolute Gasteiger partial charge is 0.00776 e. The van der Waals surface area contributed by atoms with Crippen LogP contribution >= 0.6 is 0 Å². The van der Waals surface area contributed by atoms with Crippen LogP contribution in [0.4, 0.5) is 0 Å². The molecular weight excluding hydrogens is 120 g/mol. The Labute approximate surface area is 63.6 Å². The average Bonchev–Trinajstić information content (AvgIpc) is 2.62. The van der Waals surface area contributed by atoms with Gasteiger partial charge < -0.3 is 0 Å². The van der Waals surface area contributed by atoms with E-state index in [-0.39, 0.29) is 0 Å². The summed E-state index contributed by atoms with van der Waals surface area (Å²) >= 11 is 0. The molecular formula is C10H16. The molecule has 1 aliphatic rings. The first-order valence-electron chi connectivity index (χ1n) is 3.90. The van der Waals surface area contributed by atoms with Crippen LogP contribution in [0, 0.1) is 11.3 Å². The molecule has 10 heavy (non-hydrogen) atoms. The van der Waals surface area contributed by atoms with Gasteiger partial charge in [-0.15, -0.1) is 6.58 Å². The first-order chi connectivity index (χ1) is 4.64. The first kappa shape index (κ1) is 7.59. The van der Waals surface area contributed by atoms with E-state index in [2.05, 4.69) is 39.5 Å². The molecule has 1 aliphatic carbocycles. The lowest BCUT2D eigenvalue weighted by atomic mass is 10.0. The highest BCUT2D eigenvalue weighted by Gasteiger charge is 2.47. The highest BCUT2D eigenvalue weighted by Crippen LogP contribution is 2.56. The fourth-order valence-electron chi connectivity index (χ4n) is 1.49. The summed E-state index contributed by atoms with van der Waals surface area (Å²) in [6.07, 6.45) is 5.59. The van der Waals surface area contributed by atoms with Crippen LogP contribution in [-0.2, 0) is 0 Å². The zero-order valence-electron chi connectivity index (χ0n) is 7.15. The lowest BCUT2D eigenvalue weighted by Gasteiger charge is -2.02. The van der Waals surface area contributed by atoms with Gasteiger partial charge in [-0.3, -0.25) is 0 Å². The third-order valence-electron chi connectivity index (χ3n) is 2.75. The highest BCUT2D eigenvalue weighted by molar-refractivity contribution is 5.23. The van der Waals surface area contributed by atoms with E-state index in [0.29, 0.717) is 5.41 Å². The number of hydrogen-bond acceptors (Lipinski definition) is 0. The van der Waals surface area contributed by atoms with Crippen molar-refractivity contribution in [1.29, 1.82) is 0 Å². The quantitative estimate of drug-likeness (QED) is 0.511. The standard InChI is InChI=1S/C10H16/c1-5-8(3)9-7-10(9,4)6-2/h5-6,9H,2,7H2,1,3-4H3. The molecule has 0 heteroatoms. The van der Waals surface area contributed by atoms with Crippen molar-refractivity contribution >= 4 is 0 Å². The molecule has 0 nitrogen and oxygen atoms in total. The van der Waals surface area contributed by atoms with Gasteiger partial charge in [0, 0.05) is 0 Å². The lowest BCUT2D eigenvalue weighted by Crippen LogP contribution is -1.92. The summed E-state index contributed by atoms with van der Waals surface area (Å²) in [4.78, 5) is 0. The maximum atomic E-state index is 3.83. The van der Waals surface area contributed by atoms with Crippen molar-refractivity contribution in [3.63, 3.8) is 0 Å². The minimum absolute atomic E-state index is 0.427. The van der Waals surface area contributed by atoms with Crippen molar-refractivity contribution in [2.45, 2.75) is 27.2 Å².